The van der Waals surface area contributed by atoms with Gasteiger partial charge in [0.05, 0.1) is 23.1 Å². The molecular formula is C8H3BClF3IN2OP. The smallest absolute Gasteiger partial charge is 0.405 e. The monoisotopic (exact) mass is 404 g/mol. The van der Waals surface area contributed by atoms with Crippen molar-refractivity contribution in [1.82, 2.24) is 9.55 Å². The first-order chi connectivity index (χ1) is 8.33. The lowest BCUT2D eigenvalue weighted by Gasteiger charge is -2.14. The Morgan fingerprint density at radius 3 is 2.72 bits per heavy atom. The van der Waals surface area contributed by atoms with Crippen molar-refractivity contribution in [2.45, 2.75) is 6.36 Å². The molecule has 3 nitrogen and oxygen atoms in total. The van der Waals surface area contributed by atoms with E-state index < -0.39 is 12.1 Å². The molecule has 0 aliphatic heterocycles. The molecule has 0 N–H and O–H groups in total. The Balaban J connectivity index is 2.63. The van der Waals surface area contributed by atoms with Crippen LogP contribution in [0.25, 0.3) is 10.9 Å². The number of nitrogens with zero attached hydrogens (tertiary/aromatic N) is 2. The summed E-state index contributed by atoms with van der Waals surface area (Å²) in [6.45, 7) is 0. The van der Waals surface area contributed by atoms with Crippen molar-refractivity contribution in [2.75, 3.05) is 0 Å². The first-order valence-corrected chi connectivity index (χ1v) is 8.85. The van der Waals surface area contributed by atoms with Crippen LogP contribution in [0.3, 0.4) is 0 Å². The highest BCUT2D eigenvalue weighted by Crippen LogP contribution is 2.34. The molecule has 2 rings (SSSR count). The van der Waals surface area contributed by atoms with Gasteiger partial charge in [0.25, 0.3) is 0 Å². The van der Waals surface area contributed by atoms with Gasteiger partial charge in [0.1, 0.15) is 13.6 Å². The predicted molar refractivity (Wildman–Crippen MR) is 74.5 cm³/mol. The van der Waals surface area contributed by atoms with Crippen LogP contribution >= 0.6 is 40.0 Å². The van der Waals surface area contributed by atoms with E-state index >= 15 is 0 Å². The maximum Gasteiger partial charge on any atom is 0.573 e. The van der Waals surface area contributed by atoms with Gasteiger partial charge in [-0.15, -0.1) is 13.2 Å². The van der Waals surface area contributed by atoms with E-state index in [0.29, 0.717) is 10.9 Å². The maximum absolute atomic E-state index is 12.2. The van der Waals surface area contributed by atoms with Crippen molar-refractivity contribution in [3.05, 3.63) is 17.3 Å². The van der Waals surface area contributed by atoms with Crippen molar-refractivity contribution >= 4 is 64.2 Å². The van der Waals surface area contributed by atoms with Crippen LogP contribution in [0.1, 0.15) is 0 Å². The van der Waals surface area contributed by atoms with Crippen molar-refractivity contribution in [2.24, 2.45) is 0 Å². The molecule has 94 valence electrons. The molecule has 0 saturated heterocycles. The van der Waals surface area contributed by atoms with E-state index in [1.54, 1.807) is 4.45 Å². The molecule has 0 saturated carbocycles. The van der Waals surface area contributed by atoms with Gasteiger partial charge in [-0.05, 0) is 33.6 Å². The van der Waals surface area contributed by atoms with E-state index in [2.05, 4.69) is 31.9 Å². The van der Waals surface area contributed by atoms with Crippen LogP contribution in [0.5, 0.6) is 5.75 Å². The summed E-state index contributed by atoms with van der Waals surface area (Å²) in [5.74, 6) is -0.590. The number of rotatable bonds is 2. The molecule has 2 aromatic rings. The third-order valence-electron chi connectivity index (χ3n) is 2.12. The van der Waals surface area contributed by atoms with Gasteiger partial charge in [-0.25, -0.2) is 4.45 Å². The van der Waals surface area contributed by atoms with Crippen LogP contribution < -0.4 is 10.2 Å². The molecule has 10 heteroatoms. The maximum atomic E-state index is 12.2. The molecule has 2 radical (unpaired) electrons. The number of benzene rings is 1. The number of ether oxygens (including phenoxy) is 1. The molecule has 18 heavy (non-hydrogen) atoms. The Labute approximate surface area is 121 Å². The lowest BCUT2D eigenvalue weighted by atomic mass is 9.91. The van der Waals surface area contributed by atoms with Crippen LogP contribution in [-0.2, 0) is 0 Å². The molecular weight excluding hydrogens is 401 g/mol. The highest BCUT2D eigenvalue weighted by Gasteiger charge is 2.33. The third-order valence-corrected chi connectivity index (χ3v) is 4.29. The minimum atomic E-state index is -4.84. The number of hydrogen-bond donors (Lipinski definition) is 0. The van der Waals surface area contributed by atoms with E-state index in [9.17, 15) is 13.2 Å². The minimum absolute atomic E-state index is 0.171. The molecule has 0 aliphatic carbocycles. The average molecular weight is 404 g/mol. The Bertz CT molecular complexity index is 606. The molecule has 0 bridgehead atoms. The van der Waals surface area contributed by atoms with Gasteiger partial charge in [0, 0.05) is 5.39 Å². The predicted octanol–water partition coefficient (Wildman–Crippen LogP) is 3.17. The van der Waals surface area contributed by atoms with Crippen molar-refractivity contribution < 1.29 is 17.9 Å². The van der Waals surface area contributed by atoms with Crippen molar-refractivity contribution in [1.29, 1.82) is 0 Å². The fraction of sp³-hybridized carbons (Fsp3) is 0.125. The normalized spacial score (nSPS) is 12.7. The molecule has 1 atom stereocenters. The van der Waals surface area contributed by atoms with Gasteiger partial charge in [-0.2, -0.15) is 5.10 Å². The molecule has 1 aromatic heterocycles. The lowest BCUT2D eigenvalue weighted by Crippen LogP contribution is -2.22. The number of halogens is 5. The van der Waals surface area contributed by atoms with Gasteiger partial charge in [-0.1, -0.05) is 11.6 Å². The van der Waals surface area contributed by atoms with Gasteiger partial charge in [0.2, 0.25) is 0 Å². The Morgan fingerprint density at radius 1 is 1.50 bits per heavy atom. The molecule has 0 spiro atoms. The fourth-order valence-corrected chi connectivity index (χ4v) is 3.20. The Kier molecular flexibility index (Phi) is 3.99. The van der Waals surface area contributed by atoms with E-state index in [1.807, 2.05) is 0 Å². The van der Waals surface area contributed by atoms with E-state index in [0.717, 1.165) is 0 Å². The van der Waals surface area contributed by atoms with Crippen LogP contribution in [0, 0.1) is 0 Å². The standard InChI is InChI=1S/C8H3BClF3IN2OP/c9-6-3-2-15-16(18-14)5(3)1-4(10)7(6)17-8(11,12)13/h1-2,18H. The molecule has 0 aliphatic rings. The summed E-state index contributed by atoms with van der Waals surface area (Å²) in [6, 6.07) is 1.35. The average Bonchev–Trinajstić information content (AvgIpc) is 2.65. The zero-order chi connectivity index (χ0) is 13.5. The van der Waals surface area contributed by atoms with Crippen LogP contribution in [0.2, 0.25) is 5.02 Å². The van der Waals surface area contributed by atoms with Crippen LogP contribution in [0.15, 0.2) is 12.3 Å². The van der Waals surface area contributed by atoms with E-state index in [4.69, 9.17) is 19.4 Å². The van der Waals surface area contributed by atoms with Crippen LogP contribution in [0.4, 0.5) is 13.2 Å². The first-order valence-electron chi connectivity index (χ1n) is 4.41. The zero-order valence-electron chi connectivity index (χ0n) is 8.42. The fourth-order valence-electron chi connectivity index (χ4n) is 1.43. The van der Waals surface area contributed by atoms with Gasteiger partial charge < -0.3 is 4.74 Å². The highest BCUT2D eigenvalue weighted by molar-refractivity contribution is 14.2. The Hall–Kier alpha value is -0.205. The van der Waals surface area contributed by atoms with E-state index in [1.165, 1.54) is 12.3 Å². The minimum Gasteiger partial charge on any atom is -0.405 e. The Morgan fingerprint density at radius 2 is 2.17 bits per heavy atom. The molecule has 1 heterocycles. The topological polar surface area (TPSA) is 27.1 Å². The summed E-state index contributed by atoms with van der Waals surface area (Å²) in [6.07, 6.45) is -3.17. The van der Waals surface area contributed by atoms with Crippen LogP contribution in [-0.4, -0.2) is 23.8 Å². The van der Waals surface area contributed by atoms with Crippen molar-refractivity contribution in [3.8, 4) is 5.75 Å². The number of alkyl halides is 3. The number of aromatic nitrogens is 2. The summed E-state index contributed by atoms with van der Waals surface area (Å²) in [5.41, 5.74) is 0.399. The van der Waals surface area contributed by atoms with E-state index in [-0.39, 0.29) is 16.9 Å². The third kappa shape index (κ3) is 2.70. The van der Waals surface area contributed by atoms with Gasteiger partial charge in [-0.3, -0.25) is 0 Å². The summed E-state index contributed by atoms with van der Waals surface area (Å²) in [5, 5.41) is 4.18. The largest absolute Gasteiger partial charge is 0.573 e. The summed E-state index contributed by atoms with van der Waals surface area (Å²) >= 11 is 7.84. The summed E-state index contributed by atoms with van der Waals surface area (Å²) in [7, 11) is 5.63. The second kappa shape index (κ2) is 5.05. The second-order valence-electron chi connectivity index (χ2n) is 3.22. The second-order valence-corrected chi connectivity index (χ2v) is 5.67. The quantitative estimate of drug-likeness (QED) is 0.437. The zero-order valence-corrected chi connectivity index (χ0v) is 12.3. The molecule has 1 aromatic carbocycles. The summed E-state index contributed by atoms with van der Waals surface area (Å²) in [4.78, 5) is 0. The SMILES string of the molecule is [B]c1c(OC(F)(F)F)c(Cl)cc2c1cnn2PI. The van der Waals surface area contributed by atoms with Gasteiger partial charge >= 0.3 is 6.36 Å². The number of fused-ring (bicyclic) bond motifs is 1. The molecule has 1 unspecified atom stereocenters. The molecule has 0 fully saturated rings. The lowest BCUT2D eigenvalue weighted by molar-refractivity contribution is -0.274. The van der Waals surface area contributed by atoms with Crippen molar-refractivity contribution in [3.63, 3.8) is 0 Å². The highest BCUT2D eigenvalue weighted by atomic mass is 127. The first kappa shape index (κ1) is 14.2. The number of hydrogen-bond acceptors (Lipinski definition) is 2. The van der Waals surface area contributed by atoms with Gasteiger partial charge in [0.15, 0.2) is 0 Å². The molecule has 0 amide bonds. The summed E-state index contributed by atoms with van der Waals surface area (Å²) < 4.78 is 42.1.